The fraction of sp³-hybridized carbons (Fsp3) is 0.657. The zero-order valence-corrected chi connectivity index (χ0v) is 29.4. The lowest BCUT2D eigenvalue weighted by Gasteiger charge is -2.36. The van der Waals surface area contributed by atoms with Gasteiger partial charge in [0.25, 0.3) is 5.91 Å². The van der Waals surface area contributed by atoms with E-state index in [0.29, 0.717) is 18.4 Å². The van der Waals surface area contributed by atoms with E-state index in [0.717, 1.165) is 18.5 Å². The minimum atomic E-state index is -1.11. The van der Waals surface area contributed by atoms with Gasteiger partial charge < -0.3 is 31.5 Å². The Morgan fingerprint density at radius 3 is 2.09 bits per heavy atom. The summed E-state index contributed by atoms with van der Waals surface area (Å²) >= 11 is 0. The normalized spacial score (nSPS) is 19.9. The van der Waals surface area contributed by atoms with Crippen LogP contribution in [0, 0.1) is 29.1 Å². The van der Waals surface area contributed by atoms with E-state index >= 15 is 0 Å². The number of carbonyl (C=O) groups is 6. The van der Waals surface area contributed by atoms with Crippen molar-refractivity contribution >= 4 is 41.0 Å². The Hall–Kier alpha value is -3.96. The summed E-state index contributed by atoms with van der Waals surface area (Å²) in [6.45, 7) is 13.5. The molecule has 1 aliphatic carbocycles. The zero-order chi connectivity index (χ0) is 35.4. The van der Waals surface area contributed by atoms with Crippen molar-refractivity contribution in [3.8, 4) is 0 Å². The maximum atomic E-state index is 14.3. The van der Waals surface area contributed by atoms with Gasteiger partial charge in [0.1, 0.15) is 12.1 Å². The number of carbonyl (C=O) groups excluding carboxylic acids is 6. The van der Waals surface area contributed by atoms with E-state index in [1.807, 2.05) is 79.6 Å². The lowest BCUT2D eigenvalue weighted by molar-refractivity contribution is -0.143. The minimum Gasteiger partial charge on any atom is -0.377 e. The SMILES string of the molecule is CC(C)[C@@H]1C[C@@H](C(=O)NC(CC2CC2)C(=O)C(N)=O)N(C(=O)[C@@H](NC(=O)N[C@H](C(=O)c2ccccc2N(C)C)C(C)C)C(C)(C)C)C1. The number of ketones is 2. The number of anilines is 1. The molecule has 1 saturated heterocycles. The number of para-hydroxylation sites is 1. The number of nitrogens with zero attached hydrogens (tertiary/aromatic N) is 2. The molecule has 1 aromatic rings. The van der Waals surface area contributed by atoms with Gasteiger partial charge in [-0.05, 0) is 54.1 Å². The molecule has 1 heterocycles. The van der Waals surface area contributed by atoms with Gasteiger partial charge in [-0.3, -0.25) is 24.0 Å². The fourth-order valence-corrected chi connectivity index (χ4v) is 6.10. The van der Waals surface area contributed by atoms with Gasteiger partial charge in [-0.1, -0.05) is 73.4 Å². The van der Waals surface area contributed by atoms with Crippen LogP contribution in [0.25, 0.3) is 0 Å². The summed E-state index contributed by atoms with van der Waals surface area (Å²) in [5, 5.41) is 8.37. The molecule has 260 valence electrons. The van der Waals surface area contributed by atoms with E-state index in [4.69, 9.17) is 5.73 Å². The molecule has 0 aromatic heterocycles. The van der Waals surface area contributed by atoms with Crippen LogP contribution in [0.15, 0.2) is 24.3 Å². The summed E-state index contributed by atoms with van der Waals surface area (Å²) in [7, 11) is 3.68. The van der Waals surface area contributed by atoms with Crippen LogP contribution in [0.4, 0.5) is 10.5 Å². The summed E-state index contributed by atoms with van der Waals surface area (Å²) in [5.41, 5.74) is 5.72. The molecular weight excluding hydrogens is 600 g/mol. The van der Waals surface area contributed by atoms with Gasteiger partial charge in [0.15, 0.2) is 5.78 Å². The summed E-state index contributed by atoms with van der Waals surface area (Å²) in [6, 6.07) is 2.64. The van der Waals surface area contributed by atoms with Crippen LogP contribution in [-0.2, 0) is 19.2 Å². The molecule has 0 spiro atoms. The molecule has 2 fully saturated rings. The standard InChI is InChI=1S/C35H54N6O6/c1-19(2)22-17-26(32(45)37-24(16-21-14-15-21)29(43)31(36)44)41(18-22)33(46)30(35(5,6)7)39-34(47)38-27(20(3)4)28(42)23-12-10-11-13-25(23)40(8)9/h10-13,19-22,24,26-27,30H,14-18H2,1-9H3,(H2,36,44)(H,37,45)(H2,38,39,47)/t22-,24?,26+,27+,30-/m1/s1. The third kappa shape index (κ3) is 9.54. The summed E-state index contributed by atoms with van der Waals surface area (Å²) in [5.74, 6) is -3.04. The van der Waals surface area contributed by atoms with E-state index in [1.165, 1.54) is 4.90 Å². The van der Waals surface area contributed by atoms with Gasteiger partial charge >= 0.3 is 6.03 Å². The predicted octanol–water partition coefficient (Wildman–Crippen LogP) is 2.89. The lowest BCUT2D eigenvalue weighted by Crippen LogP contribution is -2.61. The summed E-state index contributed by atoms with van der Waals surface area (Å²) in [6.07, 6.45) is 2.51. The number of amides is 5. The Morgan fingerprint density at radius 2 is 1.57 bits per heavy atom. The van der Waals surface area contributed by atoms with Crippen molar-refractivity contribution in [3.05, 3.63) is 29.8 Å². The van der Waals surface area contributed by atoms with Gasteiger partial charge in [0, 0.05) is 31.9 Å². The Bertz CT molecular complexity index is 1350. The smallest absolute Gasteiger partial charge is 0.316 e. The van der Waals surface area contributed by atoms with Crippen LogP contribution in [0.1, 0.15) is 84.5 Å². The van der Waals surface area contributed by atoms with Gasteiger partial charge in [-0.25, -0.2) is 4.79 Å². The first kappa shape index (κ1) is 37.5. The van der Waals surface area contributed by atoms with E-state index in [2.05, 4.69) is 16.0 Å². The Balaban J connectivity index is 1.84. The average Bonchev–Trinajstić information content (AvgIpc) is 3.69. The van der Waals surface area contributed by atoms with Crippen molar-refractivity contribution < 1.29 is 28.8 Å². The van der Waals surface area contributed by atoms with Crippen LogP contribution < -0.4 is 26.6 Å². The molecule has 1 unspecified atom stereocenters. The molecule has 0 radical (unpaired) electrons. The third-order valence-electron chi connectivity index (χ3n) is 9.28. The second-order valence-electron chi connectivity index (χ2n) is 15.1. The van der Waals surface area contributed by atoms with Crippen molar-refractivity contribution in [2.75, 3.05) is 25.5 Å². The number of hydrogen-bond donors (Lipinski definition) is 4. The summed E-state index contributed by atoms with van der Waals surface area (Å²) in [4.78, 5) is 82.9. The molecule has 3 rings (SSSR count). The first-order valence-electron chi connectivity index (χ1n) is 16.7. The van der Waals surface area contributed by atoms with E-state index in [9.17, 15) is 28.8 Å². The average molecular weight is 655 g/mol. The van der Waals surface area contributed by atoms with Gasteiger partial charge in [-0.2, -0.15) is 0 Å². The molecule has 47 heavy (non-hydrogen) atoms. The molecule has 5 N–H and O–H groups in total. The first-order chi connectivity index (χ1) is 21.8. The van der Waals surface area contributed by atoms with Crippen molar-refractivity contribution in [2.24, 2.45) is 34.8 Å². The number of nitrogens with one attached hydrogen (secondary N) is 3. The number of benzene rings is 1. The molecule has 5 atom stereocenters. The number of hydrogen-bond acceptors (Lipinski definition) is 7. The summed E-state index contributed by atoms with van der Waals surface area (Å²) < 4.78 is 0. The second kappa shape index (κ2) is 15.3. The zero-order valence-electron chi connectivity index (χ0n) is 29.4. The molecule has 1 aromatic carbocycles. The molecule has 12 heteroatoms. The maximum Gasteiger partial charge on any atom is 0.316 e. The lowest BCUT2D eigenvalue weighted by atomic mass is 9.85. The van der Waals surface area contributed by atoms with Crippen molar-refractivity contribution in [1.82, 2.24) is 20.9 Å². The number of Topliss-reactive ketones (excluding diaryl/α,β-unsaturated/α-hetero) is 2. The highest BCUT2D eigenvalue weighted by Crippen LogP contribution is 2.35. The van der Waals surface area contributed by atoms with Crippen molar-refractivity contribution in [3.63, 3.8) is 0 Å². The monoisotopic (exact) mass is 654 g/mol. The molecule has 12 nitrogen and oxygen atoms in total. The first-order valence-corrected chi connectivity index (χ1v) is 16.7. The number of likely N-dealkylation sites (tertiary alicyclic amines) is 1. The highest BCUT2D eigenvalue weighted by atomic mass is 16.2. The van der Waals surface area contributed by atoms with Crippen LogP contribution in [0.2, 0.25) is 0 Å². The molecule has 0 bridgehead atoms. The minimum absolute atomic E-state index is 0.00224. The molecule has 5 amide bonds. The topological polar surface area (TPSA) is 171 Å². The highest BCUT2D eigenvalue weighted by Gasteiger charge is 2.46. The third-order valence-corrected chi connectivity index (χ3v) is 9.28. The Labute approximate surface area is 278 Å². The largest absolute Gasteiger partial charge is 0.377 e. The van der Waals surface area contributed by atoms with Crippen LogP contribution >= 0.6 is 0 Å². The van der Waals surface area contributed by atoms with Gasteiger partial charge in [-0.15, -0.1) is 0 Å². The van der Waals surface area contributed by atoms with Crippen LogP contribution in [-0.4, -0.2) is 85.0 Å². The number of primary amides is 1. The molecule has 1 aliphatic heterocycles. The van der Waals surface area contributed by atoms with Crippen molar-refractivity contribution in [1.29, 1.82) is 0 Å². The quantitative estimate of drug-likeness (QED) is 0.177. The van der Waals surface area contributed by atoms with Crippen LogP contribution in [0.5, 0.6) is 0 Å². The van der Waals surface area contributed by atoms with Gasteiger partial charge in [0.2, 0.25) is 17.6 Å². The molecule has 1 saturated carbocycles. The number of nitrogens with two attached hydrogens (primary N) is 1. The predicted molar refractivity (Wildman–Crippen MR) is 181 cm³/mol. The van der Waals surface area contributed by atoms with E-state index < -0.39 is 59.1 Å². The van der Waals surface area contributed by atoms with Crippen molar-refractivity contribution in [2.45, 2.75) is 98.3 Å². The van der Waals surface area contributed by atoms with Crippen LogP contribution in [0.3, 0.4) is 0 Å². The van der Waals surface area contributed by atoms with E-state index in [1.54, 1.807) is 12.1 Å². The Morgan fingerprint density at radius 1 is 0.957 bits per heavy atom. The second-order valence-corrected chi connectivity index (χ2v) is 15.1. The number of urea groups is 1. The van der Waals surface area contributed by atoms with E-state index in [-0.39, 0.29) is 36.0 Å². The number of rotatable bonds is 14. The molecular formula is C35H54N6O6. The Kier molecular flexibility index (Phi) is 12.2. The van der Waals surface area contributed by atoms with Gasteiger partial charge in [0.05, 0.1) is 12.1 Å². The molecule has 2 aliphatic rings. The highest BCUT2D eigenvalue weighted by molar-refractivity contribution is 6.37. The fourth-order valence-electron chi connectivity index (χ4n) is 6.10. The maximum absolute atomic E-state index is 14.3.